The second kappa shape index (κ2) is 12.6. The van der Waals surface area contributed by atoms with Crippen LogP contribution in [0, 0.1) is 5.82 Å². The summed E-state index contributed by atoms with van der Waals surface area (Å²) < 4.78 is 27.2. The van der Waals surface area contributed by atoms with Gasteiger partial charge in [0.15, 0.2) is 5.65 Å². The molecular formula is C28H29FN10O4. The van der Waals surface area contributed by atoms with Crippen molar-refractivity contribution in [2.24, 2.45) is 0 Å². The van der Waals surface area contributed by atoms with E-state index in [2.05, 4.69) is 25.4 Å². The molecule has 0 spiro atoms. The third kappa shape index (κ3) is 6.11. The Bertz CT molecular complexity index is 1740. The minimum atomic E-state index is -0.536. The lowest BCUT2D eigenvalue weighted by Crippen LogP contribution is -2.37. The number of nitrogens with one attached hydrogen (secondary N) is 1. The molecule has 0 saturated carbocycles. The number of aromatic nitrogens is 7. The Morgan fingerprint density at radius 2 is 1.91 bits per heavy atom. The number of halogens is 1. The molecule has 3 aromatic heterocycles. The molecule has 0 saturated heterocycles. The highest BCUT2D eigenvalue weighted by atomic mass is 19.1. The van der Waals surface area contributed by atoms with Crippen LogP contribution in [0.4, 0.5) is 15.0 Å². The summed E-state index contributed by atoms with van der Waals surface area (Å²) >= 11 is 0. The largest absolute Gasteiger partial charge is 0.496 e. The first-order chi connectivity index (χ1) is 20.8. The lowest BCUT2D eigenvalue weighted by atomic mass is 10.1. The number of benzene rings is 2. The van der Waals surface area contributed by atoms with Gasteiger partial charge in [-0.05, 0) is 23.8 Å². The van der Waals surface area contributed by atoms with Crippen LogP contribution in [0.5, 0.6) is 5.75 Å². The number of nitrogens with two attached hydrogens (primary N) is 1. The molecule has 0 aliphatic rings. The maximum Gasteiger partial charge on any atom is 0.345 e. The predicted octanol–water partition coefficient (Wildman–Crippen LogP) is 2.53. The first kappa shape index (κ1) is 29.1. The Kier molecular flexibility index (Phi) is 8.52. The van der Waals surface area contributed by atoms with E-state index in [0.717, 1.165) is 21.9 Å². The maximum atomic E-state index is 13.7. The van der Waals surface area contributed by atoms with Crippen molar-refractivity contribution in [3.05, 3.63) is 78.4 Å². The molecule has 3 heterocycles. The first-order valence-corrected chi connectivity index (χ1v) is 13.1. The summed E-state index contributed by atoms with van der Waals surface area (Å²) in [7, 11) is 4.62. The molecule has 5 aromatic rings. The van der Waals surface area contributed by atoms with E-state index < -0.39 is 17.8 Å². The zero-order chi connectivity index (χ0) is 30.5. The molecule has 0 bridgehead atoms. The van der Waals surface area contributed by atoms with Gasteiger partial charge in [0.25, 0.3) is 5.91 Å². The summed E-state index contributed by atoms with van der Waals surface area (Å²) in [5.41, 5.74) is 8.94. The second-order valence-corrected chi connectivity index (χ2v) is 9.59. The van der Waals surface area contributed by atoms with Gasteiger partial charge in [0.1, 0.15) is 42.1 Å². The fraction of sp³-hybridized carbons (Fsp3) is 0.250. The van der Waals surface area contributed by atoms with E-state index >= 15 is 0 Å². The Hall–Kier alpha value is -5.44. The average Bonchev–Trinajstić information content (AvgIpc) is 3.69. The number of nitrogens with zero attached hydrogens (tertiary/aromatic N) is 8. The number of hydrogen-bond acceptors (Lipinski definition) is 10. The van der Waals surface area contributed by atoms with Gasteiger partial charge in [-0.3, -0.25) is 4.79 Å². The van der Waals surface area contributed by atoms with E-state index in [1.807, 2.05) is 24.3 Å². The Morgan fingerprint density at radius 3 is 2.60 bits per heavy atom. The third-order valence-electron chi connectivity index (χ3n) is 6.74. The van der Waals surface area contributed by atoms with Crippen molar-refractivity contribution < 1.29 is 23.5 Å². The van der Waals surface area contributed by atoms with Crippen LogP contribution in [0.15, 0.2) is 61.4 Å². The predicted molar refractivity (Wildman–Crippen MR) is 154 cm³/mol. The standard InChI is InChI=1S/C28H29FN10O4/c1-37(28(41)38-16-31-14-35-38)12-20(13-42-2)39-26-23(25(30)33-15-34-26)24(36-39)18-6-4-17(5-7-18)11-32-27(40)21-10-19(29)8-9-22(21)43-3/h4-10,14-16,20H,11-13H2,1-3H3,(H,32,40)(H2,30,33,34). The molecule has 1 atom stereocenters. The Balaban J connectivity index is 1.39. The van der Waals surface area contributed by atoms with Crippen molar-refractivity contribution in [2.45, 2.75) is 12.6 Å². The monoisotopic (exact) mass is 588 g/mol. The number of methoxy groups -OCH3 is 2. The number of likely N-dealkylation sites (N-methyl/N-ethyl adjacent to an activating group) is 1. The Morgan fingerprint density at radius 1 is 1.12 bits per heavy atom. The average molecular weight is 589 g/mol. The maximum absolute atomic E-state index is 13.7. The van der Waals surface area contributed by atoms with E-state index in [4.69, 9.17) is 20.3 Å². The van der Waals surface area contributed by atoms with Crippen molar-refractivity contribution in [2.75, 3.05) is 40.2 Å². The van der Waals surface area contributed by atoms with Crippen molar-refractivity contribution in [3.8, 4) is 17.0 Å². The molecule has 43 heavy (non-hydrogen) atoms. The molecule has 14 nitrogen and oxygen atoms in total. The summed E-state index contributed by atoms with van der Waals surface area (Å²) in [6, 6.07) is 10.3. The lowest BCUT2D eigenvalue weighted by Gasteiger charge is -2.24. The van der Waals surface area contributed by atoms with Crippen LogP contribution in [0.1, 0.15) is 22.0 Å². The number of nitrogen functional groups attached to an aromatic ring is 1. The SMILES string of the molecule is COCC(CN(C)C(=O)n1cncn1)n1nc(-c2ccc(CNC(=O)c3cc(F)ccc3OC)cc2)c2c(N)ncnc21. The fourth-order valence-corrected chi connectivity index (χ4v) is 4.64. The van der Waals surface area contributed by atoms with Crippen molar-refractivity contribution >= 4 is 28.8 Å². The molecule has 0 radical (unpaired) electrons. The smallest absolute Gasteiger partial charge is 0.345 e. The zero-order valence-corrected chi connectivity index (χ0v) is 23.6. The van der Waals surface area contributed by atoms with Gasteiger partial charge >= 0.3 is 6.03 Å². The van der Waals surface area contributed by atoms with Gasteiger partial charge in [0.2, 0.25) is 0 Å². The van der Waals surface area contributed by atoms with Crippen LogP contribution in [0.25, 0.3) is 22.3 Å². The van der Waals surface area contributed by atoms with Crippen LogP contribution in [0.2, 0.25) is 0 Å². The van der Waals surface area contributed by atoms with Crippen molar-refractivity contribution in [1.82, 2.24) is 44.7 Å². The minimum Gasteiger partial charge on any atom is -0.496 e. The third-order valence-corrected chi connectivity index (χ3v) is 6.74. The molecule has 2 amide bonds. The molecule has 222 valence electrons. The second-order valence-electron chi connectivity index (χ2n) is 9.59. The van der Waals surface area contributed by atoms with Crippen LogP contribution in [-0.4, -0.2) is 85.8 Å². The summed E-state index contributed by atoms with van der Waals surface area (Å²) in [6.45, 7) is 0.645. The van der Waals surface area contributed by atoms with Gasteiger partial charge in [-0.2, -0.15) is 14.9 Å². The van der Waals surface area contributed by atoms with Gasteiger partial charge in [-0.15, -0.1) is 0 Å². The number of anilines is 1. The van der Waals surface area contributed by atoms with Crippen LogP contribution in [-0.2, 0) is 11.3 Å². The molecule has 0 aliphatic heterocycles. The van der Waals surface area contributed by atoms with Gasteiger partial charge < -0.3 is 25.4 Å². The van der Waals surface area contributed by atoms with Gasteiger partial charge in [-0.25, -0.2) is 28.8 Å². The van der Waals surface area contributed by atoms with Crippen molar-refractivity contribution in [1.29, 1.82) is 0 Å². The molecular weight excluding hydrogens is 559 g/mol. The normalized spacial score (nSPS) is 11.8. The number of fused-ring (bicyclic) bond motifs is 1. The zero-order valence-electron chi connectivity index (χ0n) is 23.6. The molecule has 5 rings (SSSR count). The van der Waals surface area contributed by atoms with E-state index in [0.29, 0.717) is 16.7 Å². The minimum absolute atomic E-state index is 0.103. The number of carbonyl (C=O) groups excluding carboxylic acids is 2. The highest BCUT2D eigenvalue weighted by Gasteiger charge is 2.25. The number of rotatable bonds is 10. The molecule has 1 unspecified atom stereocenters. The number of amides is 2. The first-order valence-electron chi connectivity index (χ1n) is 13.1. The summed E-state index contributed by atoms with van der Waals surface area (Å²) in [5.74, 6) is -0.481. The Labute approximate surface area is 245 Å². The lowest BCUT2D eigenvalue weighted by molar-refractivity contribution is 0.0947. The van der Waals surface area contributed by atoms with Crippen LogP contribution >= 0.6 is 0 Å². The van der Waals surface area contributed by atoms with Crippen LogP contribution < -0.4 is 15.8 Å². The molecule has 0 aliphatic carbocycles. The molecule has 2 aromatic carbocycles. The quantitative estimate of drug-likeness (QED) is 0.247. The molecule has 3 N–H and O–H groups in total. The topological polar surface area (TPSA) is 168 Å². The van der Waals surface area contributed by atoms with E-state index in [-0.39, 0.29) is 42.9 Å². The summed E-state index contributed by atoms with van der Waals surface area (Å²) in [4.78, 5) is 39.4. The fourth-order valence-electron chi connectivity index (χ4n) is 4.64. The number of hydrogen-bond donors (Lipinski definition) is 2. The van der Waals surface area contributed by atoms with Gasteiger partial charge in [-0.1, -0.05) is 24.3 Å². The molecule has 15 heteroatoms. The number of carbonyl (C=O) groups is 2. The van der Waals surface area contributed by atoms with E-state index in [1.165, 1.54) is 43.1 Å². The van der Waals surface area contributed by atoms with Gasteiger partial charge in [0, 0.05) is 32.8 Å². The van der Waals surface area contributed by atoms with E-state index in [9.17, 15) is 14.0 Å². The van der Waals surface area contributed by atoms with E-state index in [1.54, 1.807) is 18.8 Å². The van der Waals surface area contributed by atoms with Gasteiger partial charge in [0.05, 0.1) is 30.7 Å². The van der Waals surface area contributed by atoms with Crippen molar-refractivity contribution in [3.63, 3.8) is 0 Å². The molecule has 0 fully saturated rings. The summed E-state index contributed by atoms with van der Waals surface area (Å²) in [5, 5.41) is 12.1. The summed E-state index contributed by atoms with van der Waals surface area (Å²) in [6.07, 6.45) is 3.96. The number of ether oxygens (including phenoxy) is 2. The van der Waals surface area contributed by atoms with Crippen LogP contribution in [0.3, 0.4) is 0 Å². The highest BCUT2D eigenvalue weighted by Crippen LogP contribution is 2.32. The highest BCUT2D eigenvalue weighted by molar-refractivity contribution is 5.98.